The number of H-pyrrole nitrogens is 1. The molecule has 0 aromatic carbocycles. The van der Waals surface area contributed by atoms with Crippen LogP contribution < -0.4 is 4.90 Å². The van der Waals surface area contributed by atoms with E-state index in [0.717, 1.165) is 0 Å². The fraction of sp³-hybridized carbons (Fsp3) is 0.0833. The highest BCUT2D eigenvalue weighted by Gasteiger charge is 2.14. The Bertz CT molecular complexity index is 551. The number of carbonyl (C=O) groups excluding carboxylic acids is 1. The van der Waals surface area contributed by atoms with Crippen molar-refractivity contribution in [3.63, 3.8) is 0 Å². The monoisotopic (exact) mass is 226 g/mol. The maximum Gasteiger partial charge on any atom is 0.260 e. The molecule has 0 fully saturated rings. The molecule has 2 heterocycles. The molecule has 0 aliphatic carbocycles. The van der Waals surface area contributed by atoms with Crippen molar-refractivity contribution < 1.29 is 4.79 Å². The number of nitriles is 1. The standard InChI is InChI=1S/C12H10N4O/c1-16(12(17)10-4-5-14-8-10)11-3-2-9(6-13)7-15-11/h2-5,7-8,14H,1H3. The Morgan fingerprint density at radius 1 is 1.47 bits per heavy atom. The SMILES string of the molecule is CN(C(=O)c1cc[nH]c1)c1ccc(C#N)cn1. The molecule has 2 rings (SSSR count). The lowest BCUT2D eigenvalue weighted by molar-refractivity contribution is 0.0992. The van der Waals surface area contributed by atoms with Crippen LogP contribution in [0.25, 0.3) is 0 Å². The van der Waals surface area contributed by atoms with Crippen LogP contribution in [0.15, 0.2) is 36.8 Å². The lowest BCUT2D eigenvalue weighted by atomic mass is 10.2. The molecule has 0 radical (unpaired) electrons. The van der Waals surface area contributed by atoms with Crippen molar-refractivity contribution in [1.29, 1.82) is 5.26 Å². The highest BCUT2D eigenvalue weighted by molar-refractivity contribution is 6.05. The zero-order valence-electron chi connectivity index (χ0n) is 9.21. The lowest BCUT2D eigenvalue weighted by Gasteiger charge is -2.15. The van der Waals surface area contributed by atoms with Gasteiger partial charge in [0.15, 0.2) is 0 Å². The van der Waals surface area contributed by atoms with Crippen molar-refractivity contribution in [3.05, 3.63) is 47.9 Å². The first-order valence-corrected chi connectivity index (χ1v) is 4.99. The molecule has 0 atom stereocenters. The van der Waals surface area contributed by atoms with Gasteiger partial charge in [-0.3, -0.25) is 9.69 Å². The van der Waals surface area contributed by atoms with E-state index >= 15 is 0 Å². The fourth-order valence-corrected chi connectivity index (χ4v) is 1.41. The van der Waals surface area contributed by atoms with Gasteiger partial charge >= 0.3 is 0 Å². The van der Waals surface area contributed by atoms with Crippen LogP contribution in [0.5, 0.6) is 0 Å². The maximum absolute atomic E-state index is 12.0. The lowest BCUT2D eigenvalue weighted by Crippen LogP contribution is -2.26. The first-order valence-electron chi connectivity index (χ1n) is 4.99. The number of hydrogen-bond donors (Lipinski definition) is 1. The van der Waals surface area contributed by atoms with Gasteiger partial charge in [-0.15, -0.1) is 0 Å². The van der Waals surface area contributed by atoms with Gasteiger partial charge in [-0.05, 0) is 18.2 Å². The van der Waals surface area contributed by atoms with E-state index in [4.69, 9.17) is 5.26 Å². The average Bonchev–Trinajstić information content (AvgIpc) is 2.91. The van der Waals surface area contributed by atoms with Crippen molar-refractivity contribution in [2.75, 3.05) is 11.9 Å². The topological polar surface area (TPSA) is 72.8 Å². The fourth-order valence-electron chi connectivity index (χ4n) is 1.41. The molecule has 2 aromatic rings. The zero-order valence-corrected chi connectivity index (χ0v) is 9.21. The van der Waals surface area contributed by atoms with E-state index < -0.39 is 0 Å². The predicted molar refractivity (Wildman–Crippen MR) is 62.5 cm³/mol. The third kappa shape index (κ3) is 2.16. The summed E-state index contributed by atoms with van der Waals surface area (Å²) in [5, 5.41) is 8.65. The van der Waals surface area contributed by atoms with Gasteiger partial charge in [-0.1, -0.05) is 0 Å². The molecule has 0 spiro atoms. The molecule has 1 N–H and O–H groups in total. The van der Waals surface area contributed by atoms with Crippen LogP contribution in [0, 0.1) is 11.3 Å². The molecule has 0 aliphatic rings. The van der Waals surface area contributed by atoms with Crippen LogP contribution in [0.3, 0.4) is 0 Å². The van der Waals surface area contributed by atoms with Gasteiger partial charge in [0, 0.05) is 25.6 Å². The molecule has 2 aromatic heterocycles. The predicted octanol–water partition coefficient (Wildman–Crippen LogP) is 1.56. The van der Waals surface area contributed by atoms with Crippen molar-refractivity contribution in [3.8, 4) is 6.07 Å². The number of amides is 1. The van der Waals surface area contributed by atoms with E-state index in [-0.39, 0.29) is 5.91 Å². The van der Waals surface area contributed by atoms with E-state index in [1.807, 2.05) is 6.07 Å². The average molecular weight is 226 g/mol. The summed E-state index contributed by atoms with van der Waals surface area (Å²) in [5.74, 6) is 0.360. The van der Waals surface area contributed by atoms with Gasteiger partial charge in [-0.2, -0.15) is 5.26 Å². The van der Waals surface area contributed by atoms with Crippen molar-refractivity contribution in [1.82, 2.24) is 9.97 Å². The Labute approximate surface area is 98.3 Å². The van der Waals surface area contributed by atoms with E-state index in [2.05, 4.69) is 9.97 Å². The smallest absolute Gasteiger partial charge is 0.260 e. The molecule has 5 nitrogen and oxygen atoms in total. The zero-order chi connectivity index (χ0) is 12.3. The van der Waals surface area contributed by atoms with Crippen LogP contribution in [0.4, 0.5) is 5.82 Å². The molecule has 0 aliphatic heterocycles. The van der Waals surface area contributed by atoms with E-state index in [1.165, 1.54) is 11.1 Å². The highest BCUT2D eigenvalue weighted by Crippen LogP contribution is 2.12. The molecule has 1 amide bonds. The van der Waals surface area contributed by atoms with Crippen LogP contribution in [0.2, 0.25) is 0 Å². The van der Waals surface area contributed by atoms with E-state index in [0.29, 0.717) is 16.9 Å². The second kappa shape index (κ2) is 4.49. The molecular formula is C12H10N4O. The van der Waals surface area contributed by atoms with E-state index in [9.17, 15) is 4.79 Å². The van der Waals surface area contributed by atoms with Gasteiger partial charge in [0.1, 0.15) is 11.9 Å². The Morgan fingerprint density at radius 2 is 2.29 bits per heavy atom. The van der Waals surface area contributed by atoms with Crippen molar-refractivity contribution in [2.45, 2.75) is 0 Å². The second-order valence-electron chi connectivity index (χ2n) is 3.48. The molecule has 0 unspecified atom stereocenters. The van der Waals surface area contributed by atoms with Gasteiger partial charge in [0.05, 0.1) is 11.1 Å². The summed E-state index contributed by atoms with van der Waals surface area (Å²) in [4.78, 5) is 20.3. The minimum absolute atomic E-state index is 0.150. The third-order valence-electron chi connectivity index (χ3n) is 2.37. The first-order chi connectivity index (χ1) is 8.22. The molecule has 0 saturated carbocycles. The number of aromatic nitrogens is 2. The number of aromatic amines is 1. The Hall–Kier alpha value is -2.61. The largest absolute Gasteiger partial charge is 0.367 e. The second-order valence-corrected chi connectivity index (χ2v) is 3.48. The number of hydrogen-bond acceptors (Lipinski definition) is 3. The van der Waals surface area contributed by atoms with Crippen molar-refractivity contribution >= 4 is 11.7 Å². The van der Waals surface area contributed by atoms with Crippen LogP contribution in [-0.4, -0.2) is 22.9 Å². The summed E-state index contributed by atoms with van der Waals surface area (Å²) in [7, 11) is 1.64. The molecular weight excluding hydrogens is 216 g/mol. The summed E-state index contributed by atoms with van der Waals surface area (Å²) < 4.78 is 0. The maximum atomic E-state index is 12.0. The number of carbonyl (C=O) groups is 1. The van der Waals surface area contributed by atoms with Gasteiger partial charge in [0.2, 0.25) is 0 Å². The minimum Gasteiger partial charge on any atom is -0.367 e. The first kappa shape index (κ1) is 10.9. The number of anilines is 1. The summed E-state index contributed by atoms with van der Waals surface area (Å²) in [6.07, 6.45) is 4.76. The number of nitrogens with one attached hydrogen (secondary N) is 1. The summed E-state index contributed by atoms with van der Waals surface area (Å²) >= 11 is 0. The minimum atomic E-state index is -0.150. The van der Waals surface area contributed by atoms with Crippen LogP contribution in [0.1, 0.15) is 15.9 Å². The highest BCUT2D eigenvalue weighted by atomic mass is 16.2. The Morgan fingerprint density at radius 3 is 2.82 bits per heavy atom. The Balaban J connectivity index is 2.22. The normalized spacial score (nSPS) is 9.65. The summed E-state index contributed by atoms with van der Waals surface area (Å²) in [6.45, 7) is 0. The number of nitrogens with zero attached hydrogens (tertiary/aromatic N) is 3. The number of pyridine rings is 1. The number of rotatable bonds is 2. The molecule has 0 saturated heterocycles. The van der Waals surface area contributed by atoms with Crippen LogP contribution in [-0.2, 0) is 0 Å². The van der Waals surface area contributed by atoms with E-state index in [1.54, 1.807) is 37.6 Å². The molecule has 5 heteroatoms. The Kier molecular flexibility index (Phi) is 2.88. The van der Waals surface area contributed by atoms with Gasteiger partial charge in [-0.25, -0.2) is 4.98 Å². The summed E-state index contributed by atoms with van der Waals surface area (Å²) in [6, 6.07) is 6.95. The van der Waals surface area contributed by atoms with Crippen LogP contribution >= 0.6 is 0 Å². The molecule has 17 heavy (non-hydrogen) atoms. The van der Waals surface area contributed by atoms with Gasteiger partial charge < -0.3 is 4.98 Å². The molecule has 84 valence electrons. The molecule has 0 bridgehead atoms. The quantitative estimate of drug-likeness (QED) is 0.844. The van der Waals surface area contributed by atoms with Crippen molar-refractivity contribution in [2.24, 2.45) is 0 Å². The third-order valence-corrected chi connectivity index (χ3v) is 2.37. The van der Waals surface area contributed by atoms with Gasteiger partial charge in [0.25, 0.3) is 5.91 Å². The summed E-state index contributed by atoms with van der Waals surface area (Å²) in [5.41, 5.74) is 1.04.